The largest absolute Gasteiger partial charge is 0.351 e. The van der Waals surface area contributed by atoms with Crippen LogP contribution in [-0.4, -0.2) is 14.7 Å². The van der Waals surface area contributed by atoms with Gasteiger partial charge in [-0.3, -0.25) is 4.98 Å². The van der Waals surface area contributed by atoms with Crippen molar-refractivity contribution in [1.29, 1.82) is 0 Å². The van der Waals surface area contributed by atoms with Gasteiger partial charge in [-0.15, -0.1) is 0 Å². The third-order valence-corrected chi connectivity index (χ3v) is 7.31. The van der Waals surface area contributed by atoms with E-state index in [-0.39, 0.29) is 17.9 Å². The van der Waals surface area contributed by atoms with Gasteiger partial charge in [-0.2, -0.15) is 0 Å². The van der Waals surface area contributed by atoms with Gasteiger partial charge in [-0.1, -0.05) is 37.5 Å². The number of nitrogens with one attached hydrogen (secondary N) is 1. The van der Waals surface area contributed by atoms with Crippen molar-refractivity contribution in [1.82, 2.24) is 14.9 Å². The van der Waals surface area contributed by atoms with Gasteiger partial charge in [0.1, 0.15) is 5.82 Å². The van der Waals surface area contributed by atoms with Crippen molar-refractivity contribution >= 4 is 23.0 Å². The molecule has 4 nitrogen and oxygen atoms in total. The molecule has 1 saturated heterocycles. The Morgan fingerprint density at radius 2 is 1.78 bits per heavy atom. The standard InChI is InChI=1S/C26H29FN4S/c1-17-16-20(18(2)30(17)19-10-4-3-5-11-19)25-24(22-13-8-9-15-28-22)29-26(32)31(25)23-14-7-6-12-21(23)27/h6-9,12-16,19,24-25H,3-5,10-11H2,1-2H3,(H,29,32)/t24-,25+/m0/s1. The molecule has 1 N–H and O–H groups in total. The van der Waals surface area contributed by atoms with E-state index >= 15 is 0 Å². The first-order valence-corrected chi connectivity index (χ1v) is 11.9. The molecule has 0 unspecified atom stereocenters. The molecule has 1 aliphatic heterocycles. The Hall–Kier alpha value is -2.73. The molecular formula is C26H29FN4S. The number of aromatic nitrogens is 2. The van der Waals surface area contributed by atoms with Crippen LogP contribution in [0.5, 0.6) is 0 Å². The van der Waals surface area contributed by atoms with Gasteiger partial charge in [0.05, 0.1) is 23.5 Å². The van der Waals surface area contributed by atoms with E-state index in [9.17, 15) is 4.39 Å². The second-order valence-corrected chi connectivity index (χ2v) is 9.32. The molecule has 3 heterocycles. The maximum absolute atomic E-state index is 15.0. The second kappa shape index (κ2) is 8.66. The maximum Gasteiger partial charge on any atom is 0.174 e. The van der Waals surface area contributed by atoms with E-state index < -0.39 is 0 Å². The van der Waals surface area contributed by atoms with Crippen molar-refractivity contribution in [2.24, 2.45) is 0 Å². The number of thiocarbonyl (C=S) groups is 1. The van der Waals surface area contributed by atoms with Gasteiger partial charge in [0.15, 0.2) is 5.11 Å². The molecule has 5 rings (SSSR count). The molecule has 2 aliphatic rings. The third kappa shape index (κ3) is 3.60. The van der Waals surface area contributed by atoms with E-state index in [1.807, 2.05) is 29.2 Å². The lowest BCUT2D eigenvalue weighted by Crippen LogP contribution is -2.30. The first kappa shape index (κ1) is 21.1. The number of halogens is 1. The first-order chi connectivity index (χ1) is 15.6. The monoisotopic (exact) mass is 448 g/mol. The van der Waals surface area contributed by atoms with Crippen LogP contribution < -0.4 is 10.2 Å². The van der Waals surface area contributed by atoms with Crippen LogP contribution in [0.1, 0.15) is 72.9 Å². The summed E-state index contributed by atoms with van der Waals surface area (Å²) in [5, 5.41) is 3.98. The van der Waals surface area contributed by atoms with Gasteiger partial charge in [0.25, 0.3) is 0 Å². The Morgan fingerprint density at radius 3 is 2.50 bits per heavy atom. The molecule has 2 atom stereocenters. The SMILES string of the molecule is Cc1cc([C@@H]2[C@H](c3ccccn3)NC(=S)N2c2ccccc2F)c(C)n1C1CCCCC1. The zero-order chi connectivity index (χ0) is 22.2. The highest BCUT2D eigenvalue weighted by molar-refractivity contribution is 7.80. The molecule has 0 bridgehead atoms. The minimum Gasteiger partial charge on any atom is -0.351 e. The summed E-state index contributed by atoms with van der Waals surface area (Å²) in [4.78, 5) is 6.56. The highest BCUT2D eigenvalue weighted by Crippen LogP contribution is 2.45. The normalized spacial score (nSPS) is 21.7. The van der Waals surface area contributed by atoms with Crippen molar-refractivity contribution in [2.45, 2.75) is 64.1 Å². The van der Waals surface area contributed by atoms with Crippen LogP contribution in [0, 0.1) is 19.7 Å². The fourth-order valence-corrected chi connectivity index (χ4v) is 5.92. The number of hydrogen-bond acceptors (Lipinski definition) is 2. The molecule has 0 radical (unpaired) electrons. The van der Waals surface area contributed by atoms with Gasteiger partial charge in [0.2, 0.25) is 0 Å². The summed E-state index contributed by atoms with van der Waals surface area (Å²) in [7, 11) is 0. The molecule has 2 fully saturated rings. The summed E-state index contributed by atoms with van der Waals surface area (Å²) < 4.78 is 17.5. The lowest BCUT2D eigenvalue weighted by Gasteiger charge is -2.30. The first-order valence-electron chi connectivity index (χ1n) is 11.5. The Balaban J connectivity index is 1.65. The van der Waals surface area contributed by atoms with Crippen LogP contribution in [0.25, 0.3) is 0 Å². The van der Waals surface area contributed by atoms with Crippen LogP contribution in [0.3, 0.4) is 0 Å². The van der Waals surface area contributed by atoms with Crippen molar-refractivity contribution in [3.63, 3.8) is 0 Å². The van der Waals surface area contributed by atoms with E-state index in [4.69, 9.17) is 12.2 Å². The Labute approximate surface area is 194 Å². The minimum atomic E-state index is -0.274. The molecule has 1 saturated carbocycles. The lowest BCUT2D eigenvalue weighted by molar-refractivity contribution is 0.345. The Bertz CT molecular complexity index is 1120. The molecule has 6 heteroatoms. The summed E-state index contributed by atoms with van der Waals surface area (Å²) in [5.41, 5.74) is 5.08. The van der Waals surface area contributed by atoms with Crippen molar-refractivity contribution in [3.05, 3.63) is 83.2 Å². The smallest absolute Gasteiger partial charge is 0.174 e. The number of nitrogens with zero attached hydrogens (tertiary/aromatic N) is 3. The highest BCUT2D eigenvalue weighted by Gasteiger charge is 2.43. The zero-order valence-electron chi connectivity index (χ0n) is 18.6. The Kier molecular flexibility index (Phi) is 5.72. The zero-order valence-corrected chi connectivity index (χ0v) is 19.4. The molecule has 2 aromatic heterocycles. The predicted octanol–water partition coefficient (Wildman–Crippen LogP) is 6.32. The number of benzene rings is 1. The topological polar surface area (TPSA) is 33.1 Å². The molecule has 0 spiro atoms. The van der Waals surface area contributed by atoms with E-state index in [1.165, 1.54) is 55.1 Å². The van der Waals surface area contributed by atoms with E-state index in [0.717, 1.165) is 5.69 Å². The molecule has 32 heavy (non-hydrogen) atoms. The molecule has 3 aromatic rings. The van der Waals surface area contributed by atoms with Crippen molar-refractivity contribution < 1.29 is 4.39 Å². The van der Waals surface area contributed by atoms with Crippen molar-refractivity contribution in [2.75, 3.05) is 4.90 Å². The number of para-hydroxylation sites is 1. The maximum atomic E-state index is 15.0. The van der Waals surface area contributed by atoms with Crippen LogP contribution in [-0.2, 0) is 0 Å². The average molecular weight is 449 g/mol. The fourth-order valence-electron chi connectivity index (χ4n) is 5.58. The third-order valence-electron chi connectivity index (χ3n) is 6.99. The van der Waals surface area contributed by atoms with Gasteiger partial charge in [-0.05, 0) is 74.8 Å². The van der Waals surface area contributed by atoms with Crippen LogP contribution in [0.2, 0.25) is 0 Å². The fraction of sp³-hybridized carbons (Fsp3) is 0.385. The number of pyridine rings is 1. The van der Waals surface area contributed by atoms with Crippen LogP contribution in [0.15, 0.2) is 54.7 Å². The van der Waals surface area contributed by atoms with Gasteiger partial charge >= 0.3 is 0 Å². The number of anilines is 1. The number of rotatable bonds is 4. The molecule has 1 aromatic carbocycles. The molecular weight excluding hydrogens is 419 g/mol. The minimum absolute atomic E-state index is 0.163. The summed E-state index contributed by atoms with van der Waals surface area (Å²) >= 11 is 5.76. The Morgan fingerprint density at radius 1 is 1.03 bits per heavy atom. The number of hydrogen-bond donors (Lipinski definition) is 1. The van der Waals surface area contributed by atoms with Crippen molar-refractivity contribution in [3.8, 4) is 0 Å². The summed E-state index contributed by atoms with van der Waals surface area (Å²) in [5.74, 6) is -0.274. The molecule has 166 valence electrons. The van der Waals surface area contributed by atoms with Crippen LogP contribution >= 0.6 is 12.2 Å². The van der Waals surface area contributed by atoms with Gasteiger partial charge in [-0.25, -0.2) is 4.39 Å². The van der Waals surface area contributed by atoms with E-state index in [2.05, 4.69) is 34.8 Å². The van der Waals surface area contributed by atoms with Gasteiger partial charge in [0, 0.05) is 23.6 Å². The number of aryl methyl sites for hydroxylation is 1. The summed E-state index contributed by atoms with van der Waals surface area (Å²) in [6.45, 7) is 4.39. The van der Waals surface area contributed by atoms with Gasteiger partial charge < -0.3 is 14.8 Å². The average Bonchev–Trinajstić information content (AvgIpc) is 3.30. The molecule has 1 aliphatic carbocycles. The van der Waals surface area contributed by atoms with E-state index in [0.29, 0.717) is 16.8 Å². The second-order valence-electron chi connectivity index (χ2n) is 8.94. The quantitative estimate of drug-likeness (QED) is 0.474. The molecule has 0 amide bonds. The predicted molar refractivity (Wildman–Crippen MR) is 130 cm³/mol. The van der Waals surface area contributed by atoms with E-state index in [1.54, 1.807) is 18.3 Å². The summed E-state index contributed by atoms with van der Waals surface area (Å²) in [6.07, 6.45) is 8.13. The summed E-state index contributed by atoms with van der Waals surface area (Å²) in [6, 6.07) is 15.2. The highest BCUT2D eigenvalue weighted by atomic mass is 32.1. The lowest BCUT2D eigenvalue weighted by atomic mass is 9.94. The van der Waals surface area contributed by atoms with Crippen LogP contribution in [0.4, 0.5) is 10.1 Å².